The zero-order chi connectivity index (χ0) is 14.0. The van der Waals surface area contributed by atoms with Crippen LogP contribution in [0, 0.1) is 11.6 Å². The number of anilines is 1. The van der Waals surface area contributed by atoms with E-state index in [0.29, 0.717) is 26.3 Å². The number of hydrazine groups is 1. The van der Waals surface area contributed by atoms with Crippen molar-refractivity contribution in [3.05, 3.63) is 23.8 Å². The van der Waals surface area contributed by atoms with Crippen LogP contribution in [0.3, 0.4) is 0 Å². The molecule has 0 aliphatic carbocycles. The summed E-state index contributed by atoms with van der Waals surface area (Å²) in [5.41, 5.74) is 5.16. The van der Waals surface area contributed by atoms with Crippen molar-refractivity contribution in [3.8, 4) is 0 Å². The van der Waals surface area contributed by atoms with Gasteiger partial charge in [0.2, 0.25) is 0 Å². The molecular formula is C10H13F2N3O3S. The largest absolute Gasteiger partial charge is 0.399 e. The van der Waals surface area contributed by atoms with Crippen LogP contribution >= 0.6 is 0 Å². The van der Waals surface area contributed by atoms with Crippen LogP contribution in [0.5, 0.6) is 0 Å². The van der Waals surface area contributed by atoms with Crippen molar-refractivity contribution in [3.63, 3.8) is 0 Å². The molecule has 0 amide bonds. The van der Waals surface area contributed by atoms with Crippen LogP contribution in [0.15, 0.2) is 17.0 Å². The van der Waals surface area contributed by atoms with E-state index in [0.717, 1.165) is 12.1 Å². The van der Waals surface area contributed by atoms with Gasteiger partial charge in [0.25, 0.3) is 10.0 Å². The number of hydrogen-bond acceptors (Lipinski definition) is 5. The van der Waals surface area contributed by atoms with Crippen molar-refractivity contribution in [2.75, 3.05) is 32.0 Å². The maximum Gasteiger partial charge on any atom is 0.256 e. The van der Waals surface area contributed by atoms with Crippen molar-refractivity contribution >= 4 is 15.7 Å². The molecule has 106 valence electrons. The summed E-state index contributed by atoms with van der Waals surface area (Å²) in [5, 5.41) is 1.36. The number of rotatable bonds is 3. The summed E-state index contributed by atoms with van der Waals surface area (Å²) in [6.45, 7) is 1.36. The average molecular weight is 293 g/mol. The standard InChI is InChI=1S/C10H13F2N3O3S/c11-8-5-7(13)6-9(10(8)12)19(16,17)14-15-1-3-18-4-2-15/h5-6,14H,1-4,13H2. The van der Waals surface area contributed by atoms with Crippen LogP contribution in [0.2, 0.25) is 0 Å². The van der Waals surface area contributed by atoms with Gasteiger partial charge in [-0.05, 0) is 12.1 Å². The van der Waals surface area contributed by atoms with Gasteiger partial charge in [-0.1, -0.05) is 0 Å². The maximum atomic E-state index is 13.5. The van der Waals surface area contributed by atoms with Gasteiger partial charge < -0.3 is 10.5 Å². The Kier molecular flexibility index (Phi) is 3.99. The van der Waals surface area contributed by atoms with Gasteiger partial charge in [-0.2, -0.15) is 0 Å². The molecule has 0 bridgehead atoms. The lowest BCUT2D eigenvalue weighted by Gasteiger charge is -2.26. The maximum absolute atomic E-state index is 13.5. The van der Waals surface area contributed by atoms with Gasteiger partial charge in [0.05, 0.1) is 13.2 Å². The van der Waals surface area contributed by atoms with Crippen LogP contribution in [0.1, 0.15) is 0 Å². The van der Waals surface area contributed by atoms with E-state index in [9.17, 15) is 17.2 Å². The lowest BCUT2D eigenvalue weighted by molar-refractivity contribution is 0.0272. The third-order valence-electron chi connectivity index (χ3n) is 2.57. The number of morpholine rings is 1. The summed E-state index contributed by atoms with van der Waals surface area (Å²) >= 11 is 0. The fourth-order valence-corrected chi connectivity index (χ4v) is 2.90. The number of ether oxygens (including phenoxy) is 1. The predicted molar refractivity (Wildman–Crippen MR) is 63.5 cm³/mol. The SMILES string of the molecule is Nc1cc(F)c(F)c(S(=O)(=O)NN2CCOCC2)c1. The zero-order valence-electron chi connectivity index (χ0n) is 9.90. The fraction of sp³-hybridized carbons (Fsp3) is 0.400. The van der Waals surface area contributed by atoms with Crippen LogP contribution in [0.25, 0.3) is 0 Å². The molecule has 9 heteroatoms. The molecule has 6 nitrogen and oxygen atoms in total. The van der Waals surface area contributed by atoms with Crippen molar-refractivity contribution in [1.29, 1.82) is 0 Å². The molecule has 3 N–H and O–H groups in total. The first-order valence-electron chi connectivity index (χ1n) is 5.50. The molecule has 1 aliphatic rings. The number of nitrogens with two attached hydrogens (primary N) is 1. The third kappa shape index (κ3) is 3.18. The number of nitrogen functional groups attached to an aromatic ring is 1. The van der Waals surface area contributed by atoms with Gasteiger partial charge in [-0.25, -0.2) is 22.2 Å². The van der Waals surface area contributed by atoms with Crippen LogP contribution < -0.4 is 10.6 Å². The van der Waals surface area contributed by atoms with Gasteiger partial charge in [0.15, 0.2) is 11.6 Å². The van der Waals surface area contributed by atoms with E-state index in [2.05, 4.69) is 4.83 Å². The molecule has 1 aliphatic heterocycles. The number of halogens is 2. The molecule has 1 fully saturated rings. The first-order valence-corrected chi connectivity index (χ1v) is 6.98. The van der Waals surface area contributed by atoms with Crippen LogP contribution in [0.4, 0.5) is 14.5 Å². The normalized spacial score (nSPS) is 17.6. The number of sulfonamides is 1. The smallest absolute Gasteiger partial charge is 0.256 e. The zero-order valence-corrected chi connectivity index (χ0v) is 10.7. The lowest BCUT2D eigenvalue weighted by atomic mass is 10.3. The average Bonchev–Trinajstić information content (AvgIpc) is 2.34. The van der Waals surface area contributed by atoms with Crippen LogP contribution in [-0.2, 0) is 14.8 Å². The Hall–Kier alpha value is -1.29. The quantitative estimate of drug-likeness (QED) is 0.771. The molecule has 1 saturated heterocycles. The Bertz CT molecular complexity index is 574. The molecule has 0 spiro atoms. The second-order valence-corrected chi connectivity index (χ2v) is 5.64. The molecule has 0 saturated carbocycles. The number of benzene rings is 1. The van der Waals surface area contributed by atoms with Gasteiger partial charge >= 0.3 is 0 Å². The molecule has 1 aromatic rings. The van der Waals surface area contributed by atoms with Crippen molar-refractivity contribution < 1.29 is 21.9 Å². The highest BCUT2D eigenvalue weighted by atomic mass is 32.2. The molecule has 1 aromatic carbocycles. The van der Waals surface area contributed by atoms with Gasteiger partial charge in [-0.3, -0.25) is 0 Å². The van der Waals surface area contributed by atoms with Gasteiger partial charge in [0.1, 0.15) is 4.90 Å². The molecule has 0 aromatic heterocycles. The Balaban J connectivity index is 2.28. The molecule has 0 atom stereocenters. The summed E-state index contributed by atoms with van der Waals surface area (Å²) in [5.74, 6) is -2.75. The predicted octanol–water partition coefficient (Wildman–Crippen LogP) is 0.0725. The van der Waals surface area contributed by atoms with E-state index in [-0.39, 0.29) is 5.69 Å². The highest BCUT2D eigenvalue weighted by Crippen LogP contribution is 2.21. The molecule has 0 radical (unpaired) electrons. The highest BCUT2D eigenvalue weighted by molar-refractivity contribution is 7.89. The lowest BCUT2D eigenvalue weighted by Crippen LogP contribution is -2.48. The van der Waals surface area contributed by atoms with E-state index in [1.165, 1.54) is 5.01 Å². The molecule has 2 rings (SSSR count). The monoisotopic (exact) mass is 293 g/mol. The second-order valence-electron chi connectivity index (χ2n) is 4.01. The summed E-state index contributed by atoms with van der Waals surface area (Å²) in [6.07, 6.45) is 0. The molecule has 0 unspecified atom stereocenters. The van der Waals surface area contributed by atoms with Crippen molar-refractivity contribution in [2.45, 2.75) is 4.90 Å². The third-order valence-corrected chi connectivity index (χ3v) is 3.94. The Morgan fingerprint density at radius 1 is 1.26 bits per heavy atom. The van der Waals surface area contributed by atoms with E-state index >= 15 is 0 Å². The minimum atomic E-state index is -4.21. The number of nitrogens with one attached hydrogen (secondary N) is 1. The van der Waals surface area contributed by atoms with E-state index in [1.54, 1.807) is 0 Å². The highest BCUT2D eigenvalue weighted by Gasteiger charge is 2.25. The number of nitrogens with zero attached hydrogens (tertiary/aromatic N) is 1. The minimum absolute atomic E-state index is 0.166. The summed E-state index contributed by atoms with van der Waals surface area (Å²) in [4.78, 5) is 1.36. The summed E-state index contributed by atoms with van der Waals surface area (Å²) in [7, 11) is -4.21. The Morgan fingerprint density at radius 2 is 1.89 bits per heavy atom. The molecule has 19 heavy (non-hydrogen) atoms. The summed E-state index contributed by atoms with van der Waals surface area (Å²) in [6, 6.07) is 1.60. The van der Waals surface area contributed by atoms with Gasteiger partial charge in [-0.15, -0.1) is 4.83 Å². The molecular weight excluding hydrogens is 280 g/mol. The van der Waals surface area contributed by atoms with E-state index in [1.807, 2.05) is 0 Å². The fourth-order valence-electron chi connectivity index (χ4n) is 1.65. The van der Waals surface area contributed by atoms with E-state index in [4.69, 9.17) is 10.5 Å². The number of hydrogen-bond donors (Lipinski definition) is 2. The van der Waals surface area contributed by atoms with E-state index < -0.39 is 26.6 Å². The topological polar surface area (TPSA) is 84.7 Å². The minimum Gasteiger partial charge on any atom is -0.399 e. The van der Waals surface area contributed by atoms with Crippen molar-refractivity contribution in [1.82, 2.24) is 9.84 Å². The first kappa shape index (κ1) is 14.1. The molecule has 1 heterocycles. The Morgan fingerprint density at radius 3 is 2.53 bits per heavy atom. The van der Waals surface area contributed by atoms with Crippen molar-refractivity contribution in [2.24, 2.45) is 0 Å². The summed E-state index contributed by atoms with van der Waals surface area (Å²) < 4.78 is 55.7. The van der Waals surface area contributed by atoms with Gasteiger partial charge in [0, 0.05) is 18.8 Å². The van der Waals surface area contributed by atoms with Crippen LogP contribution in [-0.4, -0.2) is 39.7 Å². The second kappa shape index (κ2) is 5.37. The Labute approximate surface area is 109 Å². The first-order chi connectivity index (χ1) is 8.90.